The van der Waals surface area contributed by atoms with E-state index in [1.807, 2.05) is 57.2 Å². The average Bonchev–Trinajstić information content (AvgIpc) is 3.52. The topological polar surface area (TPSA) is 89.0 Å². The van der Waals surface area contributed by atoms with Gasteiger partial charge >= 0.3 is 5.91 Å². The number of aliphatic hydroxyl groups excluding tert-OH is 1. The number of rotatable bonds is 11. The fourth-order valence-electron chi connectivity index (χ4n) is 5.20. The molecule has 1 amide bonds. The molecule has 1 aliphatic rings. The molecule has 8 heteroatoms. The van der Waals surface area contributed by atoms with Gasteiger partial charge in [-0.05, 0) is 73.7 Å². The number of amides is 1. The molecular weight excluding hydrogens is 548 g/mol. The minimum Gasteiger partial charge on any atom is -0.507 e. The highest BCUT2D eigenvalue weighted by Gasteiger charge is 2.48. The molecule has 0 spiro atoms. The number of Topliss-reactive ketones (excluding diaryl/α,β-unsaturated/α-hetero) is 1. The van der Waals surface area contributed by atoms with Crippen LogP contribution in [0, 0.1) is 13.8 Å². The van der Waals surface area contributed by atoms with Gasteiger partial charge in [-0.1, -0.05) is 68.4 Å². The van der Waals surface area contributed by atoms with Crippen molar-refractivity contribution in [2.45, 2.75) is 59.4 Å². The predicted molar refractivity (Wildman–Crippen MR) is 168 cm³/mol. The molecule has 1 aliphatic heterocycles. The van der Waals surface area contributed by atoms with Crippen LogP contribution in [0.3, 0.4) is 0 Å². The summed E-state index contributed by atoms with van der Waals surface area (Å²) in [6.45, 7) is 9.30. The summed E-state index contributed by atoms with van der Waals surface area (Å²) in [6, 6.07) is 17.5. The number of ketones is 1. The molecule has 1 aromatic heterocycles. The van der Waals surface area contributed by atoms with Gasteiger partial charge in [0.2, 0.25) is 0 Å². The van der Waals surface area contributed by atoms with E-state index in [-0.39, 0.29) is 11.3 Å². The fraction of sp³-hybridized carbons (Fsp3) is 0.324. The molecule has 4 aromatic rings. The van der Waals surface area contributed by atoms with Crippen molar-refractivity contribution in [3.05, 3.63) is 88.5 Å². The molecule has 1 atom stereocenters. The summed E-state index contributed by atoms with van der Waals surface area (Å²) in [6.07, 6.45) is 4.01. The molecule has 0 aliphatic carbocycles. The van der Waals surface area contributed by atoms with E-state index in [9.17, 15) is 14.7 Å². The van der Waals surface area contributed by atoms with Crippen molar-refractivity contribution in [3.8, 4) is 11.5 Å². The lowest BCUT2D eigenvalue weighted by Gasteiger charge is -2.23. The zero-order chi connectivity index (χ0) is 29.8. The van der Waals surface area contributed by atoms with E-state index in [2.05, 4.69) is 6.92 Å². The van der Waals surface area contributed by atoms with Crippen LogP contribution in [0.5, 0.6) is 11.5 Å². The molecule has 5 rings (SSSR count). The highest BCUT2D eigenvalue weighted by Crippen LogP contribution is 2.45. The van der Waals surface area contributed by atoms with Crippen molar-refractivity contribution < 1.29 is 24.2 Å². The molecular formula is C34H36N2O5S. The Kier molecular flexibility index (Phi) is 8.92. The number of carbonyl (C=O) groups excluding carboxylic acids is 2. The fourth-order valence-corrected chi connectivity index (χ4v) is 6.37. The highest BCUT2D eigenvalue weighted by atomic mass is 32.1. The zero-order valence-electron chi connectivity index (χ0n) is 24.5. The zero-order valence-corrected chi connectivity index (χ0v) is 25.3. The van der Waals surface area contributed by atoms with Crippen LogP contribution in [0.25, 0.3) is 16.0 Å². The van der Waals surface area contributed by atoms with E-state index >= 15 is 0 Å². The second-order valence-corrected chi connectivity index (χ2v) is 11.6. The lowest BCUT2D eigenvalue weighted by Crippen LogP contribution is -2.29. The van der Waals surface area contributed by atoms with Gasteiger partial charge in [0.05, 0.1) is 35.0 Å². The summed E-state index contributed by atoms with van der Waals surface area (Å²) in [4.78, 5) is 33.6. The van der Waals surface area contributed by atoms with E-state index in [0.29, 0.717) is 41.0 Å². The monoisotopic (exact) mass is 584 g/mol. The maximum Gasteiger partial charge on any atom is 0.301 e. The average molecular weight is 585 g/mol. The number of anilines is 1. The maximum atomic E-state index is 13.7. The summed E-state index contributed by atoms with van der Waals surface area (Å²) < 4.78 is 12.6. The van der Waals surface area contributed by atoms with Gasteiger partial charge in [-0.2, -0.15) is 0 Å². The molecule has 42 heavy (non-hydrogen) atoms. The molecule has 2 heterocycles. The number of unbranched alkanes of at least 4 members (excludes halogenated alkanes) is 2. The summed E-state index contributed by atoms with van der Waals surface area (Å²) in [5.41, 5.74) is 3.96. The second kappa shape index (κ2) is 12.8. The SMILES string of the molecule is CCCCCOc1ccc(C2/C(=C(\O)c3cccc(OCCC)c3)C(=O)C(=O)N2c2nc3c(C)cc(C)cc3s2)cc1. The van der Waals surface area contributed by atoms with Gasteiger partial charge in [0, 0.05) is 5.56 Å². The van der Waals surface area contributed by atoms with Crippen molar-refractivity contribution in [2.24, 2.45) is 0 Å². The minimum atomic E-state index is -0.874. The third kappa shape index (κ3) is 5.90. The largest absolute Gasteiger partial charge is 0.507 e. The Bertz CT molecular complexity index is 1640. The van der Waals surface area contributed by atoms with Gasteiger partial charge in [0.25, 0.3) is 5.78 Å². The van der Waals surface area contributed by atoms with Crippen LogP contribution in [-0.2, 0) is 9.59 Å². The number of hydrogen-bond donors (Lipinski definition) is 1. The van der Waals surface area contributed by atoms with Crippen molar-refractivity contribution in [1.82, 2.24) is 4.98 Å². The number of benzene rings is 3. The number of aliphatic hydroxyl groups is 1. The number of aromatic nitrogens is 1. The molecule has 1 saturated heterocycles. The molecule has 0 saturated carbocycles. The molecule has 0 bridgehead atoms. The summed E-state index contributed by atoms with van der Waals surface area (Å²) in [7, 11) is 0. The van der Waals surface area contributed by atoms with E-state index in [1.165, 1.54) is 16.2 Å². The standard InChI is InChI=1S/C34H36N2O5S/c1-5-7-8-17-41-25-14-12-23(13-15-25)30-28(31(37)24-10-9-11-26(20-24)40-16-6-2)32(38)33(39)36(30)34-35-29-22(4)18-21(3)19-27(29)42-34/h9-15,18-20,30,37H,5-8,16-17H2,1-4H3/b31-28+. The number of nitrogens with zero attached hydrogens (tertiary/aromatic N) is 2. The van der Waals surface area contributed by atoms with Crippen molar-refractivity contribution in [3.63, 3.8) is 0 Å². The van der Waals surface area contributed by atoms with Crippen LogP contribution in [0.15, 0.2) is 66.2 Å². The van der Waals surface area contributed by atoms with Crippen LogP contribution in [-0.4, -0.2) is 35.0 Å². The Morgan fingerprint density at radius 3 is 2.43 bits per heavy atom. The van der Waals surface area contributed by atoms with Gasteiger partial charge < -0.3 is 14.6 Å². The summed E-state index contributed by atoms with van der Waals surface area (Å²) in [5, 5.41) is 12.0. The number of hydrogen-bond acceptors (Lipinski definition) is 7. The van der Waals surface area contributed by atoms with Crippen LogP contribution >= 0.6 is 11.3 Å². The van der Waals surface area contributed by atoms with Crippen LogP contribution in [0.1, 0.15) is 67.8 Å². The summed E-state index contributed by atoms with van der Waals surface area (Å²) >= 11 is 1.36. The van der Waals surface area contributed by atoms with Gasteiger partial charge in [-0.3, -0.25) is 14.5 Å². The van der Waals surface area contributed by atoms with E-state index < -0.39 is 17.7 Å². The first-order chi connectivity index (χ1) is 20.3. The van der Waals surface area contributed by atoms with Gasteiger partial charge in [0.1, 0.15) is 17.3 Å². The summed E-state index contributed by atoms with van der Waals surface area (Å²) in [5.74, 6) is -0.458. The lowest BCUT2D eigenvalue weighted by atomic mass is 9.95. The number of ether oxygens (including phenoxy) is 2. The smallest absolute Gasteiger partial charge is 0.301 e. The van der Waals surface area contributed by atoms with Crippen LogP contribution in [0.4, 0.5) is 5.13 Å². The Balaban J connectivity index is 1.61. The minimum absolute atomic E-state index is 0.0106. The Morgan fingerprint density at radius 2 is 1.69 bits per heavy atom. The first-order valence-corrected chi connectivity index (χ1v) is 15.3. The normalized spacial score (nSPS) is 16.4. The van der Waals surface area contributed by atoms with E-state index in [0.717, 1.165) is 47.0 Å². The molecule has 0 radical (unpaired) electrons. The molecule has 1 unspecified atom stereocenters. The third-order valence-corrected chi connectivity index (χ3v) is 8.26. The highest BCUT2D eigenvalue weighted by molar-refractivity contribution is 7.22. The van der Waals surface area contributed by atoms with Gasteiger partial charge in [-0.25, -0.2) is 4.98 Å². The van der Waals surface area contributed by atoms with E-state index in [4.69, 9.17) is 14.5 Å². The molecule has 3 aromatic carbocycles. The Hall–Kier alpha value is -4.17. The third-order valence-electron chi connectivity index (χ3n) is 7.26. The van der Waals surface area contributed by atoms with Crippen LogP contribution in [0.2, 0.25) is 0 Å². The quantitative estimate of drug-likeness (QED) is 0.0834. The number of thiazole rings is 1. The predicted octanol–water partition coefficient (Wildman–Crippen LogP) is 7.90. The first kappa shape index (κ1) is 29.3. The van der Waals surface area contributed by atoms with Crippen molar-refractivity contribution in [1.29, 1.82) is 0 Å². The second-order valence-electron chi connectivity index (χ2n) is 10.6. The van der Waals surface area contributed by atoms with Crippen LogP contribution < -0.4 is 14.4 Å². The first-order valence-electron chi connectivity index (χ1n) is 14.5. The molecule has 7 nitrogen and oxygen atoms in total. The number of aryl methyl sites for hydroxylation is 2. The van der Waals surface area contributed by atoms with Gasteiger partial charge in [0.15, 0.2) is 5.13 Å². The number of fused-ring (bicyclic) bond motifs is 1. The molecule has 218 valence electrons. The van der Waals surface area contributed by atoms with Crippen molar-refractivity contribution >= 4 is 44.1 Å². The Morgan fingerprint density at radius 1 is 0.929 bits per heavy atom. The Labute approximate surface area is 250 Å². The molecule has 1 N–H and O–H groups in total. The van der Waals surface area contributed by atoms with E-state index in [1.54, 1.807) is 24.3 Å². The van der Waals surface area contributed by atoms with Crippen molar-refractivity contribution in [2.75, 3.05) is 18.1 Å². The van der Waals surface area contributed by atoms with Gasteiger partial charge in [-0.15, -0.1) is 0 Å². The molecule has 1 fully saturated rings. The number of carbonyl (C=O) groups is 2. The maximum absolute atomic E-state index is 13.7. The lowest BCUT2D eigenvalue weighted by molar-refractivity contribution is -0.132.